The highest BCUT2D eigenvalue weighted by atomic mass is 16.5. The molecule has 5 heteroatoms. The van der Waals surface area contributed by atoms with E-state index in [9.17, 15) is 4.79 Å². The Morgan fingerprint density at radius 3 is 2.68 bits per heavy atom. The average Bonchev–Trinajstić information content (AvgIpc) is 2.67. The third-order valence-electron chi connectivity index (χ3n) is 4.55. The molecular formula is C20H25N3O2. The van der Waals surface area contributed by atoms with Gasteiger partial charge in [-0.15, -0.1) is 0 Å². The Kier molecular flexibility index (Phi) is 6.01. The van der Waals surface area contributed by atoms with E-state index in [1.165, 1.54) is 16.7 Å². The smallest absolute Gasteiger partial charge is 0.317 e. The molecule has 25 heavy (non-hydrogen) atoms. The number of aromatic nitrogens is 1. The second kappa shape index (κ2) is 8.62. The number of nitrogens with zero attached hydrogens (tertiary/aromatic N) is 2. The standard InChI is InChI=1S/C20H25N3O2/c1-16-4-6-18(7-5-16)19(13-17-3-2-8-21-14-17)15-22-20(24)23-9-11-25-12-10-23/h2-8,14,19H,9-13,15H2,1H3,(H,22,24). The summed E-state index contributed by atoms with van der Waals surface area (Å²) in [5.74, 6) is 0.217. The Labute approximate surface area is 149 Å². The molecule has 1 aliphatic heterocycles. The van der Waals surface area contributed by atoms with E-state index in [0.29, 0.717) is 32.8 Å². The van der Waals surface area contributed by atoms with Gasteiger partial charge in [-0.1, -0.05) is 35.9 Å². The Morgan fingerprint density at radius 1 is 1.24 bits per heavy atom. The maximum atomic E-state index is 12.4. The molecule has 1 atom stereocenters. The molecule has 2 heterocycles. The minimum Gasteiger partial charge on any atom is -0.378 e. The van der Waals surface area contributed by atoms with Gasteiger partial charge in [0.05, 0.1) is 13.2 Å². The Hall–Kier alpha value is -2.40. The van der Waals surface area contributed by atoms with E-state index in [-0.39, 0.29) is 11.9 Å². The number of rotatable bonds is 5. The average molecular weight is 339 g/mol. The van der Waals surface area contributed by atoms with Crippen molar-refractivity contribution in [2.75, 3.05) is 32.8 Å². The van der Waals surface area contributed by atoms with Crippen LogP contribution in [0.5, 0.6) is 0 Å². The normalized spacial score (nSPS) is 15.6. The van der Waals surface area contributed by atoms with Gasteiger partial charge in [0.25, 0.3) is 0 Å². The van der Waals surface area contributed by atoms with E-state index in [2.05, 4.69) is 47.6 Å². The van der Waals surface area contributed by atoms with Gasteiger partial charge in [-0.3, -0.25) is 4.98 Å². The van der Waals surface area contributed by atoms with Gasteiger partial charge in [-0.25, -0.2) is 4.79 Å². The number of hydrogen-bond acceptors (Lipinski definition) is 3. The molecular weight excluding hydrogens is 314 g/mol. The van der Waals surface area contributed by atoms with E-state index < -0.39 is 0 Å². The van der Waals surface area contributed by atoms with Gasteiger partial charge in [0.15, 0.2) is 0 Å². The van der Waals surface area contributed by atoms with Crippen LogP contribution in [0.3, 0.4) is 0 Å². The number of pyridine rings is 1. The molecule has 0 aliphatic carbocycles. The molecule has 3 rings (SSSR count). The van der Waals surface area contributed by atoms with E-state index in [0.717, 1.165) is 6.42 Å². The quantitative estimate of drug-likeness (QED) is 0.911. The summed E-state index contributed by atoms with van der Waals surface area (Å²) in [7, 11) is 0. The summed E-state index contributed by atoms with van der Waals surface area (Å²) in [5.41, 5.74) is 3.65. The Morgan fingerprint density at radius 2 is 2.00 bits per heavy atom. The van der Waals surface area contributed by atoms with E-state index >= 15 is 0 Å². The van der Waals surface area contributed by atoms with E-state index in [1.807, 2.05) is 17.2 Å². The number of hydrogen-bond donors (Lipinski definition) is 1. The van der Waals surface area contributed by atoms with Gasteiger partial charge in [0.1, 0.15) is 0 Å². The van der Waals surface area contributed by atoms with Crippen molar-refractivity contribution in [2.24, 2.45) is 0 Å². The molecule has 5 nitrogen and oxygen atoms in total. The highest BCUT2D eigenvalue weighted by Crippen LogP contribution is 2.21. The van der Waals surface area contributed by atoms with Gasteiger partial charge in [-0.2, -0.15) is 0 Å². The van der Waals surface area contributed by atoms with Crippen molar-refractivity contribution in [2.45, 2.75) is 19.3 Å². The fourth-order valence-corrected chi connectivity index (χ4v) is 3.04. The number of ether oxygens (including phenoxy) is 1. The van der Waals surface area contributed by atoms with Gasteiger partial charge in [-0.05, 0) is 30.5 Å². The number of morpholine rings is 1. The Balaban J connectivity index is 1.67. The van der Waals surface area contributed by atoms with Crippen LogP contribution in [0.25, 0.3) is 0 Å². The molecule has 0 bridgehead atoms. The van der Waals surface area contributed by atoms with Crippen LogP contribution in [0.2, 0.25) is 0 Å². The van der Waals surface area contributed by atoms with Crippen LogP contribution >= 0.6 is 0 Å². The van der Waals surface area contributed by atoms with Crippen LogP contribution in [0.1, 0.15) is 22.6 Å². The first kappa shape index (κ1) is 17.4. The summed E-state index contributed by atoms with van der Waals surface area (Å²) in [5, 5.41) is 3.10. The summed E-state index contributed by atoms with van der Waals surface area (Å²) >= 11 is 0. The predicted molar refractivity (Wildman–Crippen MR) is 97.7 cm³/mol. The molecule has 1 fully saturated rings. The van der Waals surface area contributed by atoms with Gasteiger partial charge < -0.3 is 15.0 Å². The van der Waals surface area contributed by atoms with Gasteiger partial charge in [0, 0.05) is 37.9 Å². The maximum Gasteiger partial charge on any atom is 0.317 e. The summed E-state index contributed by atoms with van der Waals surface area (Å²) < 4.78 is 5.31. The number of benzene rings is 1. The first-order valence-electron chi connectivity index (χ1n) is 8.78. The van der Waals surface area contributed by atoms with Crippen molar-refractivity contribution in [3.63, 3.8) is 0 Å². The number of urea groups is 1. The highest BCUT2D eigenvalue weighted by Gasteiger charge is 2.19. The summed E-state index contributed by atoms with van der Waals surface area (Å²) in [6, 6.07) is 12.6. The lowest BCUT2D eigenvalue weighted by molar-refractivity contribution is 0.0531. The lowest BCUT2D eigenvalue weighted by atomic mass is 9.92. The van der Waals surface area contributed by atoms with Crippen molar-refractivity contribution in [3.05, 3.63) is 65.5 Å². The predicted octanol–water partition coefficient (Wildman–Crippen LogP) is 2.76. The van der Waals surface area contributed by atoms with Crippen LogP contribution in [0.15, 0.2) is 48.8 Å². The first-order valence-corrected chi connectivity index (χ1v) is 8.78. The minimum absolute atomic E-state index is 0.00778. The molecule has 0 radical (unpaired) electrons. The SMILES string of the molecule is Cc1ccc(C(CNC(=O)N2CCOCC2)Cc2cccnc2)cc1. The van der Waals surface area contributed by atoms with Crippen LogP contribution in [-0.2, 0) is 11.2 Å². The van der Waals surface area contributed by atoms with Crippen molar-refractivity contribution in [1.29, 1.82) is 0 Å². The molecule has 1 aliphatic rings. The zero-order valence-corrected chi connectivity index (χ0v) is 14.6. The van der Waals surface area contributed by atoms with Crippen LogP contribution in [0, 0.1) is 6.92 Å². The lowest BCUT2D eigenvalue weighted by Crippen LogP contribution is -2.47. The first-order chi connectivity index (χ1) is 12.2. The van der Waals surface area contributed by atoms with Crippen molar-refractivity contribution >= 4 is 6.03 Å². The van der Waals surface area contributed by atoms with Gasteiger partial charge in [0.2, 0.25) is 0 Å². The molecule has 132 valence electrons. The fourth-order valence-electron chi connectivity index (χ4n) is 3.04. The lowest BCUT2D eigenvalue weighted by Gasteiger charge is -2.28. The molecule has 2 amide bonds. The van der Waals surface area contributed by atoms with Crippen LogP contribution in [0.4, 0.5) is 4.79 Å². The summed E-state index contributed by atoms with van der Waals surface area (Å²) in [6.45, 7) is 5.23. The third-order valence-corrected chi connectivity index (χ3v) is 4.55. The summed E-state index contributed by atoms with van der Waals surface area (Å²) in [6.07, 6.45) is 4.52. The second-order valence-electron chi connectivity index (χ2n) is 6.46. The fraction of sp³-hybridized carbons (Fsp3) is 0.400. The molecule has 1 saturated heterocycles. The molecule has 1 unspecified atom stereocenters. The Bertz CT molecular complexity index is 667. The van der Waals surface area contributed by atoms with E-state index in [4.69, 9.17) is 4.74 Å². The zero-order valence-electron chi connectivity index (χ0n) is 14.6. The number of aryl methyl sites for hydroxylation is 1. The molecule has 2 aromatic rings. The molecule has 0 spiro atoms. The largest absolute Gasteiger partial charge is 0.378 e. The number of amides is 2. The number of carbonyl (C=O) groups is 1. The monoisotopic (exact) mass is 339 g/mol. The number of nitrogens with one attached hydrogen (secondary N) is 1. The van der Waals surface area contributed by atoms with Gasteiger partial charge >= 0.3 is 6.03 Å². The minimum atomic E-state index is -0.00778. The zero-order chi connectivity index (χ0) is 17.5. The van der Waals surface area contributed by atoms with Crippen LogP contribution in [-0.4, -0.2) is 48.8 Å². The highest BCUT2D eigenvalue weighted by molar-refractivity contribution is 5.74. The molecule has 0 saturated carbocycles. The summed E-state index contributed by atoms with van der Waals surface area (Å²) in [4.78, 5) is 18.4. The molecule has 1 aromatic heterocycles. The van der Waals surface area contributed by atoms with Crippen molar-refractivity contribution < 1.29 is 9.53 Å². The van der Waals surface area contributed by atoms with Crippen molar-refractivity contribution in [1.82, 2.24) is 15.2 Å². The maximum absolute atomic E-state index is 12.4. The van der Waals surface area contributed by atoms with E-state index in [1.54, 1.807) is 6.20 Å². The van der Waals surface area contributed by atoms with Crippen molar-refractivity contribution in [3.8, 4) is 0 Å². The molecule has 1 aromatic carbocycles. The topological polar surface area (TPSA) is 54.5 Å². The van der Waals surface area contributed by atoms with Crippen LogP contribution < -0.4 is 5.32 Å². The number of carbonyl (C=O) groups excluding carboxylic acids is 1. The third kappa shape index (κ3) is 5.03. The second-order valence-corrected chi connectivity index (χ2v) is 6.46. The molecule has 1 N–H and O–H groups in total.